The zero-order valence-corrected chi connectivity index (χ0v) is 13.1. The van der Waals surface area contributed by atoms with Crippen molar-refractivity contribution in [1.82, 2.24) is 29.9 Å². The van der Waals surface area contributed by atoms with Crippen molar-refractivity contribution in [2.75, 3.05) is 19.7 Å². The van der Waals surface area contributed by atoms with Gasteiger partial charge in [0.2, 0.25) is 0 Å². The summed E-state index contributed by atoms with van der Waals surface area (Å²) in [7, 11) is 0. The van der Waals surface area contributed by atoms with Crippen LogP contribution in [0.4, 0.5) is 0 Å². The van der Waals surface area contributed by atoms with E-state index in [1.807, 2.05) is 10.9 Å². The van der Waals surface area contributed by atoms with E-state index in [-0.39, 0.29) is 6.61 Å². The van der Waals surface area contributed by atoms with Crippen LogP contribution >= 0.6 is 0 Å². The fourth-order valence-corrected chi connectivity index (χ4v) is 3.04. The van der Waals surface area contributed by atoms with Gasteiger partial charge in [-0.05, 0) is 25.5 Å². The number of nitrogens with zero attached hydrogens (tertiary/aromatic N) is 5. The van der Waals surface area contributed by atoms with Crippen molar-refractivity contribution in [3.8, 4) is 0 Å². The molecule has 0 aliphatic carbocycles. The summed E-state index contributed by atoms with van der Waals surface area (Å²) in [6.07, 6.45) is 5.16. The number of aliphatic hydroxyl groups excluding tert-OH is 1. The maximum Gasteiger partial charge on any atom is 0.150 e. The molecule has 0 spiro atoms. The minimum absolute atomic E-state index is 0.128. The minimum Gasteiger partial charge on any atom is -0.394 e. The summed E-state index contributed by atoms with van der Waals surface area (Å²) < 4.78 is 1.82. The number of aromatic amines is 1. The summed E-state index contributed by atoms with van der Waals surface area (Å²) in [5.41, 5.74) is 1.13. The fraction of sp³-hybridized carbons (Fsp3) is 0.667. The first-order chi connectivity index (χ1) is 10.8. The smallest absolute Gasteiger partial charge is 0.150 e. The molecule has 1 saturated heterocycles. The molecule has 120 valence electrons. The second-order valence-electron chi connectivity index (χ2n) is 5.85. The van der Waals surface area contributed by atoms with Crippen LogP contribution in [-0.4, -0.2) is 54.7 Å². The molecule has 0 aromatic carbocycles. The Morgan fingerprint density at radius 3 is 3.14 bits per heavy atom. The monoisotopic (exact) mass is 304 g/mol. The standard InChI is InChI=1S/C15H24N6O/c1-2-14-16-15(18-17-14)11-20-6-3-4-12(10-20)13-5-7-21(19-13)8-9-22/h5,7,12,22H,2-4,6,8-11H2,1H3,(H,16,17,18). The lowest BCUT2D eigenvalue weighted by molar-refractivity contribution is 0.193. The van der Waals surface area contributed by atoms with E-state index in [2.05, 4.69) is 38.2 Å². The van der Waals surface area contributed by atoms with Crippen molar-refractivity contribution < 1.29 is 5.11 Å². The molecule has 1 aliphatic rings. The van der Waals surface area contributed by atoms with Gasteiger partial charge in [-0.3, -0.25) is 14.7 Å². The van der Waals surface area contributed by atoms with Gasteiger partial charge in [-0.2, -0.15) is 10.2 Å². The summed E-state index contributed by atoms with van der Waals surface area (Å²) in [5, 5.41) is 20.8. The first-order valence-corrected chi connectivity index (χ1v) is 8.05. The molecule has 3 heterocycles. The Kier molecular flexibility index (Phi) is 4.84. The third kappa shape index (κ3) is 3.53. The highest BCUT2D eigenvalue weighted by molar-refractivity contribution is 5.08. The third-order valence-corrected chi connectivity index (χ3v) is 4.18. The SMILES string of the molecule is CCc1n[nH]c(CN2CCCC(c3ccn(CCO)n3)C2)n1. The minimum atomic E-state index is 0.128. The highest BCUT2D eigenvalue weighted by Crippen LogP contribution is 2.26. The number of H-pyrrole nitrogens is 1. The van der Waals surface area contributed by atoms with Gasteiger partial charge in [0, 0.05) is 25.1 Å². The van der Waals surface area contributed by atoms with Crippen LogP contribution in [0.5, 0.6) is 0 Å². The molecular formula is C15H24N6O. The Morgan fingerprint density at radius 2 is 2.36 bits per heavy atom. The van der Waals surface area contributed by atoms with Crippen molar-refractivity contribution in [3.05, 3.63) is 29.6 Å². The summed E-state index contributed by atoms with van der Waals surface area (Å²) in [4.78, 5) is 6.91. The van der Waals surface area contributed by atoms with Crippen LogP contribution in [0, 0.1) is 0 Å². The molecule has 1 unspecified atom stereocenters. The van der Waals surface area contributed by atoms with Crippen LogP contribution in [0.1, 0.15) is 43.0 Å². The molecule has 3 rings (SSSR count). The molecule has 1 fully saturated rings. The molecule has 1 atom stereocenters. The van der Waals surface area contributed by atoms with Gasteiger partial charge in [-0.15, -0.1) is 0 Å². The molecule has 0 saturated carbocycles. The van der Waals surface area contributed by atoms with Crippen LogP contribution in [0.2, 0.25) is 0 Å². The van der Waals surface area contributed by atoms with Crippen molar-refractivity contribution in [2.45, 2.75) is 45.2 Å². The highest BCUT2D eigenvalue weighted by atomic mass is 16.3. The Bertz CT molecular complexity index is 592. The van der Waals surface area contributed by atoms with Crippen molar-refractivity contribution in [1.29, 1.82) is 0 Å². The van der Waals surface area contributed by atoms with E-state index < -0.39 is 0 Å². The summed E-state index contributed by atoms with van der Waals surface area (Å²) >= 11 is 0. The van der Waals surface area contributed by atoms with Gasteiger partial charge in [-0.25, -0.2) is 4.98 Å². The Hall–Kier alpha value is -1.73. The first-order valence-electron chi connectivity index (χ1n) is 8.05. The van der Waals surface area contributed by atoms with E-state index in [1.54, 1.807) is 0 Å². The van der Waals surface area contributed by atoms with E-state index >= 15 is 0 Å². The second-order valence-corrected chi connectivity index (χ2v) is 5.85. The van der Waals surface area contributed by atoms with Gasteiger partial charge in [-0.1, -0.05) is 6.92 Å². The predicted octanol–water partition coefficient (Wildman–Crippen LogP) is 0.935. The third-order valence-electron chi connectivity index (χ3n) is 4.18. The maximum absolute atomic E-state index is 8.98. The van der Waals surface area contributed by atoms with E-state index in [0.29, 0.717) is 12.5 Å². The van der Waals surface area contributed by atoms with Crippen LogP contribution in [-0.2, 0) is 19.5 Å². The number of aryl methyl sites for hydroxylation is 1. The molecule has 1 aliphatic heterocycles. The van der Waals surface area contributed by atoms with Crippen molar-refractivity contribution >= 4 is 0 Å². The summed E-state index contributed by atoms with van der Waals surface area (Å²) in [5.74, 6) is 2.29. The normalized spacial score (nSPS) is 19.6. The van der Waals surface area contributed by atoms with Gasteiger partial charge < -0.3 is 5.11 Å². The highest BCUT2D eigenvalue weighted by Gasteiger charge is 2.23. The van der Waals surface area contributed by atoms with Crippen molar-refractivity contribution in [3.63, 3.8) is 0 Å². The Balaban J connectivity index is 1.60. The first kappa shape index (κ1) is 15.2. The number of rotatable bonds is 6. The van der Waals surface area contributed by atoms with Gasteiger partial charge in [0.05, 0.1) is 25.4 Å². The van der Waals surface area contributed by atoms with Gasteiger partial charge in [0.15, 0.2) is 0 Å². The van der Waals surface area contributed by atoms with Crippen LogP contribution in [0.15, 0.2) is 12.3 Å². The number of hydrogen-bond donors (Lipinski definition) is 2. The lowest BCUT2D eigenvalue weighted by Crippen LogP contribution is -2.34. The largest absolute Gasteiger partial charge is 0.394 e. The summed E-state index contributed by atoms with van der Waals surface area (Å²) in [6, 6.07) is 2.08. The Labute approximate surface area is 130 Å². The van der Waals surface area contributed by atoms with E-state index in [4.69, 9.17) is 5.11 Å². The zero-order chi connectivity index (χ0) is 15.4. The van der Waals surface area contributed by atoms with E-state index in [9.17, 15) is 0 Å². The number of nitrogens with one attached hydrogen (secondary N) is 1. The van der Waals surface area contributed by atoms with Crippen LogP contribution in [0.25, 0.3) is 0 Å². The number of aliphatic hydroxyl groups is 1. The molecule has 22 heavy (non-hydrogen) atoms. The molecule has 7 heteroatoms. The number of piperidine rings is 1. The topological polar surface area (TPSA) is 82.9 Å². The average Bonchev–Trinajstić information content (AvgIpc) is 3.17. The van der Waals surface area contributed by atoms with Gasteiger partial charge >= 0.3 is 0 Å². The molecule has 0 amide bonds. The van der Waals surface area contributed by atoms with Gasteiger partial charge in [0.1, 0.15) is 11.6 Å². The molecule has 2 aromatic rings. The fourth-order valence-electron chi connectivity index (χ4n) is 3.04. The predicted molar refractivity (Wildman–Crippen MR) is 82.3 cm³/mol. The van der Waals surface area contributed by atoms with Gasteiger partial charge in [0.25, 0.3) is 0 Å². The van der Waals surface area contributed by atoms with Crippen LogP contribution < -0.4 is 0 Å². The quantitative estimate of drug-likeness (QED) is 0.830. The van der Waals surface area contributed by atoms with E-state index in [0.717, 1.165) is 43.4 Å². The molecule has 2 N–H and O–H groups in total. The average molecular weight is 304 g/mol. The number of likely N-dealkylation sites (tertiary alicyclic amines) is 1. The summed E-state index contributed by atoms with van der Waals surface area (Å²) in [6.45, 7) is 5.67. The number of hydrogen-bond acceptors (Lipinski definition) is 5. The molecular weight excluding hydrogens is 280 g/mol. The maximum atomic E-state index is 8.98. The lowest BCUT2D eigenvalue weighted by atomic mass is 9.95. The number of aromatic nitrogens is 5. The zero-order valence-electron chi connectivity index (χ0n) is 13.1. The Morgan fingerprint density at radius 1 is 1.45 bits per heavy atom. The molecule has 2 aromatic heterocycles. The molecule has 0 radical (unpaired) electrons. The lowest BCUT2D eigenvalue weighted by Gasteiger charge is -2.31. The van der Waals surface area contributed by atoms with Crippen LogP contribution in [0.3, 0.4) is 0 Å². The van der Waals surface area contributed by atoms with E-state index in [1.165, 1.54) is 12.8 Å². The van der Waals surface area contributed by atoms with Crippen molar-refractivity contribution in [2.24, 2.45) is 0 Å². The molecule has 0 bridgehead atoms. The molecule has 7 nitrogen and oxygen atoms in total. The second kappa shape index (κ2) is 7.02.